The van der Waals surface area contributed by atoms with Crippen molar-refractivity contribution in [2.24, 2.45) is 5.92 Å². The molecule has 2 unspecified atom stereocenters. The van der Waals surface area contributed by atoms with Crippen molar-refractivity contribution in [3.05, 3.63) is 23.0 Å². The van der Waals surface area contributed by atoms with E-state index in [2.05, 4.69) is 5.32 Å². The molecule has 0 aromatic heterocycles. The van der Waals surface area contributed by atoms with Crippen molar-refractivity contribution >= 4 is 29.0 Å². The fourth-order valence-electron chi connectivity index (χ4n) is 3.86. The standard InChI is InChI=1S/C18H25ClFN3O3/c1-2-15-12(11-24)5-6-23(15)18(25)21-14-4-3-13(19)16(20)17(14)22-7-9-26-10-8-22/h3-4,12,15,24H,2,5-11H2,1H3,(H,21,25). The molecule has 144 valence electrons. The molecule has 3 rings (SSSR count). The van der Waals surface area contributed by atoms with Crippen molar-refractivity contribution in [2.45, 2.75) is 25.8 Å². The topological polar surface area (TPSA) is 65.0 Å². The van der Waals surface area contributed by atoms with Crippen molar-refractivity contribution in [1.29, 1.82) is 0 Å². The van der Waals surface area contributed by atoms with Crippen LogP contribution in [0.25, 0.3) is 0 Å². The van der Waals surface area contributed by atoms with Gasteiger partial charge in [-0.3, -0.25) is 0 Å². The number of aliphatic hydroxyl groups is 1. The Bertz CT molecular complexity index is 655. The lowest BCUT2D eigenvalue weighted by Gasteiger charge is -2.32. The van der Waals surface area contributed by atoms with Crippen molar-refractivity contribution in [3.63, 3.8) is 0 Å². The molecule has 0 aliphatic carbocycles. The zero-order valence-corrected chi connectivity index (χ0v) is 15.6. The molecule has 2 atom stereocenters. The number of hydrogen-bond acceptors (Lipinski definition) is 4. The fourth-order valence-corrected chi connectivity index (χ4v) is 4.01. The second-order valence-electron chi connectivity index (χ2n) is 6.69. The molecule has 0 spiro atoms. The molecule has 0 bridgehead atoms. The average molecular weight is 386 g/mol. The van der Waals surface area contributed by atoms with Crippen molar-refractivity contribution in [3.8, 4) is 0 Å². The van der Waals surface area contributed by atoms with E-state index in [0.717, 1.165) is 12.8 Å². The Labute approximate surface area is 157 Å². The quantitative estimate of drug-likeness (QED) is 0.836. The first-order valence-corrected chi connectivity index (χ1v) is 9.43. The highest BCUT2D eigenvalue weighted by molar-refractivity contribution is 6.31. The number of aliphatic hydroxyl groups excluding tert-OH is 1. The van der Waals surface area contributed by atoms with Crippen molar-refractivity contribution in [2.75, 3.05) is 49.7 Å². The summed E-state index contributed by atoms with van der Waals surface area (Å²) < 4.78 is 20.1. The van der Waals surface area contributed by atoms with E-state index in [1.54, 1.807) is 11.0 Å². The van der Waals surface area contributed by atoms with Crippen LogP contribution < -0.4 is 10.2 Å². The number of nitrogens with zero attached hydrogens (tertiary/aromatic N) is 2. The second kappa shape index (κ2) is 8.41. The van der Waals surface area contributed by atoms with Gasteiger partial charge in [0.25, 0.3) is 0 Å². The highest BCUT2D eigenvalue weighted by atomic mass is 35.5. The number of hydrogen-bond donors (Lipinski definition) is 2. The number of morpholine rings is 1. The number of likely N-dealkylation sites (tertiary alicyclic amines) is 1. The largest absolute Gasteiger partial charge is 0.396 e. The minimum Gasteiger partial charge on any atom is -0.396 e. The Hall–Kier alpha value is -1.57. The van der Waals surface area contributed by atoms with Gasteiger partial charge in [-0.25, -0.2) is 9.18 Å². The summed E-state index contributed by atoms with van der Waals surface area (Å²) in [5.74, 6) is -0.445. The number of amides is 2. The molecule has 26 heavy (non-hydrogen) atoms. The number of carbonyl (C=O) groups is 1. The summed E-state index contributed by atoms with van der Waals surface area (Å²) in [5.41, 5.74) is 0.709. The first kappa shape index (κ1) is 19.2. The predicted molar refractivity (Wildman–Crippen MR) is 99.4 cm³/mol. The Morgan fingerprint density at radius 1 is 1.38 bits per heavy atom. The van der Waals surface area contributed by atoms with Gasteiger partial charge >= 0.3 is 6.03 Å². The summed E-state index contributed by atoms with van der Waals surface area (Å²) in [6.45, 7) is 4.72. The maximum atomic E-state index is 14.7. The van der Waals surface area contributed by atoms with Crippen LogP contribution in [-0.4, -0.2) is 61.5 Å². The third-order valence-corrected chi connectivity index (χ3v) is 5.53. The smallest absolute Gasteiger partial charge is 0.322 e. The molecule has 0 saturated carbocycles. The molecule has 2 heterocycles. The van der Waals surface area contributed by atoms with Crippen LogP contribution in [0.15, 0.2) is 12.1 Å². The van der Waals surface area contributed by atoms with Gasteiger partial charge in [0.15, 0.2) is 5.82 Å². The fraction of sp³-hybridized carbons (Fsp3) is 0.611. The molecular weight excluding hydrogens is 361 g/mol. The predicted octanol–water partition coefficient (Wildman–Crippen LogP) is 2.94. The van der Waals surface area contributed by atoms with Gasteiger partial charge in [-0.2, -0.15) is 0 Å². The number of halogens is 2. The number of anilines is 2. The van der Waals surface area contributed by atoms with Gasteiger partial charge in [0.1, 0.15) is 0 Å². The second-order valence-corrected chi connectivity index (χ2v) is 7.09. The summed E-state index contributed by atoms with van der Waals surface area (Å²) in [5, 5.41) is 12.4. The maximum absolute atomic E-state index is 14.7. The van der Waals surface area contributed by atoms with Crippen molar-refractivity contribution < 1.29 is 19.0 Å². The highest BCUT2D eigenvalue weighted by Gasteiger charge is 2.35. The SMILES string of the molecule is CCC1C(CO)CCN1C(=O)Nc1ccc(Cl)c(F)c1N1CCOCC1. The van der Waals surface area contributed by atoms with Crippen LogP contribution in [0.1, 0.15) is 19.8 Å². The molecular formula is C18H25ClFN3O3. The lowest BCUT2D eigenvalue weighted by Crippen LogP contribution is -2.42. The van der Waals surface area contributed by atoms with Gasteiger partial charge < -0.3 is 25.0 Å². The normalized spacial score (nSPS) is 23.4. The molecule has 2 aliphatic heterocycles. The van der Waals surface area contributed by atoms with E-state index >= 15 is 0 Å². The van der Waals surface area contributed by atoms with E-state index in [1.807, 2.05) is 11.8 Å². The zero-order valence-electron chi connectivity index (χ0n) is 14.9. The van der Waals surface area contributed by atoms with Gasteiger partial charge in [-0.15, -0.1) is 0 Å². The van der Waals surface area contributed by atoms with E-state index in [9.17, 15) is 14.3 Å². The number of carbonyl (C=O) groups excluding carboxylic acids is 1. The van der Waals surface area contributed by atoms with Crippen LogP contribution >= 0.6 is 11.6 Å². The molecule has 2 fully saturated rings. The molecule has 1 aromatic carbocycles. The summed E-state index contributed by atoms with van der Waals surface area (Å²) in [6, 6.07) is 2.80. The van der Waals surface area contributed by atoms with Crippen LogP contribution in [0.5, 0.6) is 0 Å². The van der Waals surface area contributed by atoms with Gasteiger partial charge in [0, 0.05) is 38.2 Å². The van der Waals surface area contributed by atoms with Crippen LogP contribution in [0.4, 0.5) is 20.6 Å². The monoisotopic (exact) mass is 385 g/mol. The third-order valence-electron chi connectivity index (χ3n) is 5.24. The Balaban J connectivity index is 1.83. The lowest BCUT2D eigenvalue weighted by atomic mass is 9.99. The van der Waals surface area contributed by atoms with Gasteiger partial charge in [0.05, 0.1) is 29.6 Å². The molecule has 2 aliphatic rings. The molecule has 2 N–H and O–H groups in total. The average Bonchev–Trinajstić information content (AvgIpc) is 3.09. The maximum Gasteiger partial charge on any atom is 0.322 e. The van der Waals surface area contributed by atoms with Crippen LogP contribution in [0.3, 0.4) is 0 Å². The highest BCUT2D eigenvalue weighted by Crippen LogP contribution is 2.35. The molecule has 0 radical (unpaired) electrons. The summed E-state index contributed by atoms with van der Waals surface area (Å²) in [4.78, 5) is 16.4. The van der Waals surface area contributed by atoms with E-state index in [-0.39, 0.29) is 29.6 Å². The van der Waals surface area contributed by atoms with E-state index in [1.165, 1.54) is 6.07 Å². The van der Waals surface area contributed by atoms with Crippen LogP contribution in [0, 0.1) is 11.7 Å². The van der Waals surface area contributed by atoms with Crippen LogP contribution in [-0.2, 0) is 4.74 Å². The molecule has 2 saturated heterocycles. The Morgan fingerprint density at radius 3 is 2.77 bits per heavy atom. The van der Waals surface area contributed by atoms with Crippen molar-refractivity contribution in [1.82, 2.24) is 4.90 Å². The number of ether oxygens (including phenoxy) is 1. The summed E-state index contributed by atoms with van der Waals surface area (Å²) in [6.07, 6.45) is 1.54. The van der Waals surface area contributed by atoms with Gasteiger partial charge in [0.2, 0.25) is 0 Å². The molecule has 1 aromatic rings. The van der Waals surface area contributed by atoms with E-state index < -0.39 is 5.82 Å². The Morgan fingerprint density at radius 2 is 2.12 bits per heavy atom. The first-order valence-electron chi connectivity index (χ1n) is 9.06. The first-order chi connectivity index (χ1) is 12.6. The minimum atomic E-state index is -0.534. The lowest BCUT2D eigenvalue weighted by molar-refractivity contribution is 0.122. The van der Waals surface area contributed by atoms with E-state index in [4.69, 9.17) is 16.3 Å². The third kappa shape index (κ3) is 3.75. The molecule has 8 heteroatoms. The Kier molecular flexibility index (Phi) is 6.21. The minimum absolute atomic E-state index is 0.0102. The number of rotatable bonds is 4. The number of nitrogens with one attached hydrogen (secondary N) is 1. The number of urea groups is 1. The van der Waals surface area contributed by atoms with E-state index in [0.29, 0.717) is 44.2 Å². The summed E-state index contributed by atoms with van der Waals surface area (Å²) in [7, 11) is 0. The zero-order chi connectivity index (χ0) is 18.7. The summed E-state index contributed by atoms with van der Waals surface area (Å²) >= 11 is 5.97. The van der Waals surface area contributed by atoms with Gasteiger partial charge in [-0.05, 0) is 25.0 Å². The van der Waals surface area contributed by atoms with Crippen LogP contribution in [0.2, 0.25) is 5.02 Å². The van der Waals surface area contributed by atoms with Gasteiger partial charge in [-0.1, -0.05) is 18.5 Å². The molecule has 2 amide bonds. The number of benzene rings is 1. The molecule has 6 nitrogen and oxygen atoms in total.